The van der Waals surface area contributed by atoms with Gasteiger partial charge in [-0.25, -0.2) is 4.98 Å². The lowest BCUT2D eigenvalue weighted by molar-refractivity contribution is 0.0797. The number of nitrogens with zero attached hydrogens (tertiary/aromatic N) is 5. The molecule has 0 atom stereocenters. The highest BCUT2D eigenvalue weighted by Gasteiger charge is 2.27. The standard InChI is InChI=1S/C30H30N6O/c1-4-8-21(5-2)16-18-35(3)30(37)23-12-14-24(15-13-23)32-28-20-27(25-9-6-7-17-31-25)33-29-19-26(22-10-11-22)34-36(28)29/h4-9,12-15,17,19-20,22,32H,1-2,10-11,16,18H2,3H3/b21-8+. The highest BCUT2D eigenvalue weighted by atomic mass is 16.2. The molecule has 0 unspecified atom stereocenters. The van der Waals surface area contributed by atoms with E-state index < -0.39 is 0 Å². The fraction of sp³-hybridized carbons (Fsp3) is 0.200. The number of anilines is 2. The van der Waals surface area contributed by atoms with E-state index in [0.29, 0.717) is 18.0 Å². The summed E-state index contributed by atoms with van der Waals surface area (Å²) in [6, 6.07) is 17.3. The molecule has 3 aromatic heterocycles. The number of fused-ring (bicyclic) bond motifs is 1. The first kappa shape index (κ1) is 24.2. The number of pyridine rings is 1. The van der Waals surface area contributed by atoms with E-state index in [0.717, 1.165) is 46.2 Å². The topological polar surface area (TPSA) is 75.4 Å². The van der Waals surface area contributed by atoms with Crippen LogP contribution in [0, 0.1) is 0 Å². The van der Waals surface area contributed by atoms with Crippen LogP contribution in [0.4, 0.5) is 11.5 Å². The number of hydrogen-bond acceptors (Lipinski definition) is 5. The molecule has 7 heteroatoms. The van der Waals surface area contributed by atoms with Gasteiger partial charge in [0.25, 0.3) is 5.91 Å². The smallest absolute Gasteiger partial charge is 0.253 e. The first-order valence-corrected chi connectivity index (χ1v) is 12.4. The highest BCUT2D eigenvalue weighted by Crippen LogP contribution is 2.40. The maximum absolute atomic E-state index is 12.9. The molecule has 5 rings (SSSR count). The van der Waals surface area contributed by atoms with Crippen molar-refractivity contribution in [1.82, 2.24) is 24.5 Å². The molecule has 0 spiro atoms. The minimum Gasteiger partial charge on any atom is -0.341 e. The van der Waals surface area contributed by atoms with Gasteiger partial charge in [-0.1, -0.05) is 37.5 Å². The molecule has 1 fully saturated rings. The first-order chi connectivity index (χ1) is 18.1. The number of carbonyl (C=O) groups is 1. The molecule has 4 aromatic rings. The van der Waals surface area contributed by atoms with Crippen molar-refractivity contribution in [3.05, 3.63) is 109 Å². The summed E-state index contributed by atoms with van der Waals surface area (Å²) in [6.07, 6.45) is 10.3. The van der Waals surface area contributed by atoms with Crippen molar-refractivity contribution < 1.29 is 4.79 Å². The van der Waals surface area contributed by atoms with Gasteiger partial charge in [-0.15, -0.1) is 0 Å². The maximum Gasteiger partial charge on any atom is 0.253 e. The van der Waals surface area contributed by atoms with Gasteiger partial charge in [-0.3, -0.25) is 9.78 Å². The first-order valence-electron chi connectivity index (χ1n) is 12.4. The van der Waals surface area contributed by atoms with Gasteiger partial charge in [0, 0.05) is 49.1 Å². The van der Waals surface area contributed by atoms with Gasteiger partial charge >= 0.3 is 0 Å². The summed E-state index contributed by atoms with van der Waals surface area (Å²) in [7, 11) is 1.81. The van der Waals surface area contributed by atoms with Gasteiger partial charge in [0.15, 0.2) is 5.65 Å². The van der Waals surface area contributed by atoms with Gasteiger partial charge in [-0.2, -0.15) is 9.61 Å². The number of hydrogen-bond donors (Lipinski definition) is 1. The van der Waals surface area contributed by atoms with Crippen molar-refractivity contribution in [2.45, 2.75) is 25.2 Å². The molecule has 1 saturated carbocycles. The Morgan fingerprint density at radius 2 is 1.95 bits per heavy atom. The highest BCUT2D eigenvalue weighted by molar-refractivity contribution is 5.94. The second kappa shape index (κ2) is 10.6. The van der Waals surface area contributed by atoms with Crippen molar-refractivity contribution in [3.63, 3.8) is 0 Å². The fourth-order valence-corrected chi connectivity index (χ4v) is 4.17. The summed E-state index contributed by atoms with van der Waals surface area (Å²) >= 11 is 0. The summed E-state index contributed by atoms with van der Waals surface area (Å²) in [5.74, 6) is 1.28. The minimum absolute atomic E-state index is 0.0292. The van der Waals surface area contributed by atoms with Crippen molar-refractivity contribution in [1.29, 1.82) is 0 Å². The number of nitrogens with one attached hydrogen (secondary N) is 1. The van der Waals surface area contributed by atoms with Crippen LogP contribution in [0.5, 0.6) is 0 Å². The van der Waals surface area contributed by atoms with Crippen molar-refractivity contribution in [3.8, 4) is 11.4 Å². The van der Waals surface area contributed by atoms with E-state index in [1.165, 1.54) is 12.8 Å². The zero-order valence-electron chi connectivity index (χ0n) is 21.0. The number of amides is 1. The molecular formula is C30H30N6O. The molecule has 1 aliphatic rings. The Morgan fingerprint density at radius 1 is 1.14 bits per heavy atom. The van der Waals surface area contributed by atoms with E-state index in [9.17, 15) is 4.79 Å². The number of aromatic nitrogens is 4. The molecule has 1 aromatic carbocycles. The molecule has 1 N–H and O–H groups in total. The second-order valence-electron chi connectivity index (χ2n) is 9.22. The van der Waals surface area contributed by atoms with Gasteiger partial charge in [0.2, 0.25) is 0 Å². The summed E-state index contributed by atoms with van der Waals surface area (Å²) in [5.41, 5.74) is 5.96. The van der Waals surface area contributed by atoms with Crippen molar-refractivity contribution >= 4 is 23.1 Å². The van der Waals surface area contributed by atoms with Crippen LogP contribution in [0.1, 0.15) is 41.2 Å². The predicted molar refractivity (Wildman–Crippen MR) is 148 cm³/mol. The van der Waals surface area contributed by atoms with Gasteiger partial charge < -0.3 is 10.2 Å². The van der Waals surface area contributed by atoms with E-state index in [2.05, 4.69) is 29.5 Å². The van der Waals surface area contributed by atoms with Crippen LogP contribution in [0.2, 0.25) is 0 Å². The van der Waals surface area contributed by atoms with Gasteiger partial charge in [0.05, 0.1) is 17.1 Å². The second-order valence-corrected chi connectivity index (χ2v) is 9.22. The molecule has 186 valence electrons. The van der Waals surface area contributed by atoms with Crippen LogP contribution in [-0.2, 0) is 0 Å². The third-order valence-corrected chi connectivity index (χ3v) is 6.45. The molecule has 0 saturated heterocycles. The quantitative estimate of drug-likeness (QED) is 0.269. The summed E-state index contributed by atoms with van der Waals surface area (Å²) in [5, 5.41) is 8.29. The van der Waals surface area contributed by atoms with Crippen LogP contribution in [0.3, 0.4) is 0 Å². The normalized spacial score (nSPS) is 13.4. The fourth-order valence-electron chi connectivity index (χ4n) is 4.17. The zero-order chi connectivity index (χ0) is 25.8. The Balaban J connectivity index is 1.36. The molecule has 3 heterocycles. The lowest BCUT2D eigenvalue weighted by Gasteiger charge is -2.18. The number of carbonyl (C=O) groups excluding carboxylic acids is 1. The minimum atomic E-state index is -0.0292. The Kier molecular flexibility index (Phi) is 6.94. The Bertz CT molecular complexity index is 1470. The molecule has 1 aliphatic carbocycles. The molecule has 37 heavy (non-hydrogen) atoms. The van der Waals surface area contributed by atoms with E-state index in [4.69, 9.17) is 10.1 Å². The molecule has 0 bridgehead atoms. The van der Waals surface area contributed by atoms with Crippen LogP contribution >= 0.6 is 0 Å². The Labute approximate surface area is 216 Å². The maximum atomic E-state index is 12.9. The third-order valence-electron chi connectivity index (χ3n) is 6.45. The van der Waals surface area contributed by atoms with E-state index >= 15 is 0 Å². The Hall–Kier alpha value is -4.52. The van der Waals surface area contributed by atoms with E-state index in [-0.39, 0.29) is 5.91 Å². The number of benzene rings is 1. The number of allylic oxidation sites excluding steroid dienone is 3. The van der Waals surface area contributed by atoms with Crippen LogP contribution in [0.25, 0.3) is 17.0 Å². The monoisotopic (exact) mass is 490 g/mol. The molecular weight excluding hydrogens is 460 g/mol. The average Bonchev–Trinajstić information content (AvgIpc) is 3.69. The summed E-state index contributed by atoms with van der Waals surface area (Å²) < 4.78 is 1.85. The van der Waals surface area contributed by atoms with E-state index in [1.807, 2.05) is 66.2 Å². The largest absolute Gasteiger partial charge is 0.341 e. The SMILES string of the molecule is C=C/C=C(\C=C)CCN(C)C(=O)c1ccc(Nc2cc(-c3ccccn3)nc3cc(C4CC4)nn23)cc1. The summed E-state index contributed by atoms with van der Waals surface area (Å²) in [6.45, 7) is 8.14. The van der Waals surface area contributed by atoms with Crippen molar-refractivity contribution in [2.24, 2.45) is 0 Å². The third kappa shape index (κ3) is 5.51. The van der Waals surface area contributed by atoms with Crippen LogP contribution in [-0.4, -0.2) is 44.0 Å². The van der Waals surface area contributed by atoms with Crippen LogP contribution in [0.15, 0.2) is 97.8 Å². The van der Waals surface area contributed by atoms with Crippen molar-refractivity contribution in [2.75, 3.05) is 18.9 Å². The molecule has 0 aliphatic heterocycles. The lowest BCUT2D eigenvalue weighted by atomic mass is 10.1. The zero-order valence-corrected chi connectivity index (χ0v) is 21.0. The summed E-state index contributed by atoms with van der Waals surface area (Å²) in [4.78, 5) is 23.9. The van der Waals surface area contributed by atoms with Gasteiger partial charge in [-0.05, 0) is 61.2 Å². The number of rotatable bonds is 10. The van der Waals surface area contributed by atoms with Gasteiger partial charge in [0.1, 0.15) is 5.82 Å². The molecule has 1 amide bonds. The molecule has 7 nitrogen and oxygen atoms in total. The Morgan fingerprint density at radius 3 is 2.62 bits per heavy atom. The van der Waals surface area contributed by atoms with E-state index in [1.54, 1.807) is 23.2 Å². The lowest BCUT2D eigenvalue weighted by Crippen LogP contribution is -2.27. The average molecular weight is 491 g/mol. The molecule has 0 radical (unpaired) electrons. The predicted octanol–water partition coefficient (Wildman–Crippen LogP) is 6.17. The van der Waals surface area contributed by atoms with Crippen LogP contribution < -0.4 is 5.32 Å².